The molecule has 4 aromatic carbocycles. The van der Waals surface area contributed by atoms with Crippen LogP contribution in [0.4, 0.5) is 0 Å². The molecule has 0 aliphatic carbocycles. The van der Waals surface area contributed by atoms with Gasteiger partial charge in [0.05, 0.1) is 0 Å². The van der Waals surface area contributed by atoms with E-state index in [1.54, 1.807) is 42.5 Å². The number of carbonyl (C=O) groups is 3. The first-order valence-corrected chi connectivity index (χ1v) is 15.8. The molecule has 4 aromatic rings. The first-order valence-electron chi connectivity index (χ1n) is 15.8. The summed E-state index contributed by atoms with van der Waals surface area (Å²) in [6.45, 7) is 18.3. The van der Waals surface area contributed by atoms with E-state index in [0.29, 0.717) is 41.2 Å². The highest BCUT2D eigenvalue weighted by Crippen LogP contribution is 2.29. The third-order valence-corrected chi connectivity index (χ3v) is 7.71. The molecule has 0 N–H and O–H groups in total. The van der Waals surface area contributed by atoms with Crippen LogP contribution in [-0.4, -0.2) is 17.3 Å². The summed E-state index contributed by atoms with van der Waals surface area (Å²) >= 11 is 0. The lowest BCUT2D eigenvalue weighted by atomic mass is 9.81. The summed E-state index contributed by atoms with van der Waals surface area (Å²) in [6.07, 6.45) is 0. The Balaban J connectivity index is 1.46. The first kappa shape index (κ1) is 34.4. The van der Waals surface area contributed by atoms with Crippen LogP contribution in [0.15, 0.2) is 91.0 Å². The average Bonchev–Trinajstić information content (AvgIpc) is 3.01. The number of ketones is 3. The number of ether oxygens (including phenoxy) is 2. The summed E-state index contributed by atoms with van der Waals surface area (Å²) in [4.78, 5) is 40.1. The molecule has 0 atom stereocenters. The molecule has 0 aromatic heterocycles. The van der Waals surface area contributed by atoms with Crippen LogP contribution in [0.25, 0.3) is 0 Å². The van der Waals surface area contributed by atoms with Gasteiger partial charge in [-0.1, -0.05) is 111 Å². The summed E-state index contributed by atoms with van der Waals surface area (Å²) < 4.78 is 12.1. The van der Waals surface area contributed by atoms with E-state index in [2.05, 4.69) is 32.9 Å². The average molecular weight is 619 g/mol. The second-order valence-electron chi connectivity index (χ2n) is 15.0. The zero-order valence-corrected chi connectivity index (χ0v) is 28.6. The topological polar surface area (TPSA) is 69.7 Å². The van der Waals surface area contributed by atoms with Crippen LogP contribution in [0.5, 0.6) is 11.5 Å². The molecule has 0 radical (unpaired) electrons. The Kier molecular flexibility index (Phi) is 10.1. The highest BCUT2D eigenvalue weighted by atomic mass is 16.5. The van der Waals surface area contributed by atoms with E-state index in [9.17, 15) is 14.4 Å². The number of benzene rings is 4. The minimum atomic E-state index is -0.666. The van der Waals surface area contributed by atoms with Crippen molar-refractivity contribution in [3.8, 4) is 11.5 Å². The van der Waals surface area contributed by atoms with E-state index in [0.717, 1.165) is 16.9 Å². The summed E-state index contributed by atoms with van der Waals surface area (Å²) in [5, 5.41) is 0. The monoisotopic (exact) mass is 618 g/mol. The lowest BCUT2D eigenvalue weighted by Gasteiger charge is -2.20. The molecule has 0 bridgehead atoms. The molecule has 5 heteroatoms. The molecule has 0 aliphatic rings. The molecule has 0 unspecified atom stereocenters. The Bertz CT molecular complexity index is 1680. The molecule has 240 valence electrons. The predicted molar refractivity (Wildman–Crippen MR) is 184 cm³/mol. The fourth-order valence-corrected chi connectivity index (χ4v) is 4.90. The van der Waals surface area contributed by atoms with E-state index in [1.807, 2.05) is 77.9 Å². The second-order valence-corrected chi connectivity index (χ2v) is 15.0. The SMILES string of the molecule is CC(C)(C)C(=O)c1cc(C(=O)c2cccc(OCc3ccc(COc4cccc(C(C)(C)C)c4)cc3)c2)cc(C(=O)C(C)(C)C)c1. The van der Waals surface area contributed by atoms with Crippen LogP contribution < -0.4 is 9.47 Å². The van der Waals surface area contributed by atoms with Crippen molar-refractivity contribution in [3.05, 3.63) is 130 Å². The highest BCUT2D eigenvalue weighted by molar-refractivity contribution is 6.13. The summed E-state index contributed by atoms with van der Waals surface area (Å²) in [5.74, 6) is 0.849. The van der Waals surface area contributed by atoms with Crippen LogP contribution in [0.1, 0.15) is 116 Å². The number of hydrogen-bond donors (Lipinski definition) is 0. The van der Waals surface area contributed by atoms with E-state index in [1.165, 1.54) is 5.56 Å². The van der Waals surface area contributed by atoms with Gasteiger partial charge in [0.2, 0.25) is 0 Å². The van der Waals surface area contributed by atoms with E-state index >= 15 is 0 Å². The van der Waals surface area contributed by atoms with Crippen molar-refractivity contribution in [1.82, 2.24) is 0 Å². The van der Waals surface area contributed by atoms with Gasteiger partial charge in [-0.05, 0) is 64.6 Å². The van der Waals surface area contributed by atoms with Crippen molar-refractivity contribution in [1.29, 1.82) is 0 Å². The van der Waals surface area contributed by atoms with E-state index in [-0.39, 0.29) is 22.8 Å². The maximum atomic E-state index is 13.7. The van der Waals surface area contributed by atoms with Crippen LogP contribution >= 0.6 is 0 Å². The fourth-order valence-electron chi connectivity index (χ4n) is 4.90. The minimum Gasteiger partial charge on any atom is -0.489 e. The summed E-state index contributed by atoms with van der Waals surface area (Å²) in [7, 11) is 0. The van der Waals surface area contributed by atoms with Gasteiger partial charge in [-0.25, -0.2) is 0 Å². The Labute approximate surface area is 274 Å². The molecule has 0 amide bonds. The van der Waals surface area contributed by atoms with Gasteiger partial charge in [0.15, 0.2) is 17.3 Å². The lowest BCUT2D eigenvalue weighted by molar-refractivity contribution is 0.0856. The zero-order valence-electron chi connectivity index (χ0n) is 28.6. The largest absolute Gasteiger partial charge is 0.489 e. The van der Waals surface area contributed by atoms with Crippen molar-refractivity contribution < 1.29 is 23.9 Å². The molecular weight excluding hydrogens is 572 g/mol. The van der Waals surface area contributed by atoms with Gasteiger partial charge in [0.1, 0.15) is 24.7 Å². The Morgan fingerprint density at radius 2 is 0.935 bits per heavy atom. The third-order valence-electron chi connectivity index (χ3n) is 7.71. The molecule has 0 spiro atoms. The van der Waals surface area contributed by atoms with Crippen LogP contribution in [-0.2, 0) is 18.6 Å². The third kappa shape index (κ3) is 8.81. The zero-order chi connectivity index (χ0) is 33.9. The molecule has 46 heavy (non-hydrogen) atoms. The number of carbonyl (C=O) groups excluding carboxylic acids is 3. The predicted octanol–water partition coefficient (Wildman–Crippen LogP) is 9.83. The van der Waals surface area contributed by atoms with Gasteiger partial charge in [0, 0.05) is 33.1 Å². The van der Waals surface area contributed by atoms with Gasteiger partial charge in [-0.3, -0.25) is 14.4 Å². The van der Waals surface area contributed by atoms with Crippen molar-refractivity contribution in [2.75, 3.05) is 0 Å². The Morgan fingerprint density at radius 3 is 1.39 bits per heavy atom. The van der Waals surface area contributed by atoms with Gasteiger partial charge < -0.3 is 9.47 Å². The van der Waals surface area contributed by atoms with Gasteiger partial charge in [-0.15, -0.1) is 0 Å². The standard InChI is InChI=1S/C41H46O5/c1-39(2,3)33-13-11-15-35(24-33)46-26-28-18-16-27(17-19-28)25-45-34-14-10-12-29(23-34)36(42)30-20-31(37(43)40(4,5)6)22-32(21-30)38(44)41(7,8)9/h10-24H,25-26H2,1-9H3. The second kappa shape index (κ2) is 13.5. The first-order chi connectivity index (χ1) is 21.4. The van der Waals surface area contributed by atoms with Gasteiger partial charge in [0.25, 0.3) is 0 Å². The molecule has 0 heterocycles. The van der Waals surface area contributed by atoms with Crippen molar-refractivity contribution in [2.24, 2.45) is 10.8 Å². The summed E-state index contributed by atoms with van der Waals surface area (Å²) in [6, 6.07) is 28.0. The normalized spacial score (nSPS) is 12.0. The molecule has 0 saturated heterocycles. The maximum absolute atomic E-state index is 13.7. The number of rotatable bonds is 10. The van der Waals surface area contributed by atoms with Gasteiger partial charge >= 0.3 is 0 Å². The fraction of sp³-hybridized carbons (Fsp3) is 0.341. The molecule has 5 nitrogen and oxygen atoms in total. The van der Waals surface area contributed by atoms with Crippen LogP contribution in [0.2, 0.25) is 0 Å². The maximum Gasteiger partial charge on any atom is 0.193 e. The van der Waals surface area contributed by atoms with Crippen molar-refractivity contribution >= 4 is 17.3 Å². The highest BCUT2D eigenvalue weighted by Gasteiger charge is 2.28. The van der Waals surface area contributed by atoms with Gasteiger partial charge in [-0.2, -0.15) is 0 Å². The number of Topliss-reactive ketones (excluding diaryl/α,β-unsaturated/α-hetero) is 2. The molecule has 0 saturated carbocycles. The molecule has 4 rings (SSSR count). The number of hydrogen-bond acceptors (Lipinski definition) is 5. The lowest BCUT2D eigenvalue weighted by Crippen LogP contribution is -2.24. The summed E-state index contributed by atoms with van der Waals surface area (Å²) in [5.41, 5.74) is 3.40. The van der Waals surface area contributed by atoms with Crippen LogP contribution in [0, 0.1) is 10.8 Å². The molecule has 0 fully saturated rings. The quantitative estimate of drug-likeness (QED) is 0.166. The van der Waals surface area contributed by atoms with E-state index in [4.69, 9.17) is 9.47 Å². The molecular formula is C41H46O5. The smallest absolute Gasteiger partial charge is 0.193 e. The van der Waals surface area contributed by atoms with Crippen molar-refractivity contribution in [2.45, 2.75) is 80.9 Å². The van der Waals surface area contributed by atoms with Crippen LogP contribution in [0.3, 0.4) is 0 Å². The minimum absolute atomic E-state index is 0.0570. The van der Waals surface area contributed by atoms with E-state index < -0.39 is 10.8 Å². The Morgan fingerprint density at radius 1 is 0.500 bits per heavy atom. The molecule has 0 aliphatic heterocycles. The Hall–Kier alpha value is -4.51. The van der Waals surface area contributed by atoms with Crippen molar-refractivity contribution in [3.63, 3.8) is 0 Å².